The number of aliphatic imine (C=N–C) groups is 1. The Kier molecular flexibility index (Phi) is 6.88. The molecule has 23 heavy (non-hydrogen) atoms. The number of hydrogen-bond acceptors (Lipinski definition) is 2. The van der Waals surface area contributed by atoms with Crippen LogP contribution in [0.5, 0.6) is 0 Å². The Hall–Kier alpha value is -1.57. The summed E-state index contributed by atoms with van der Waals surface area (Å²) < 4.78 is 2.01. The van der Waals surface area contributed by atoms with Crippen LogP contribution in [0.25, 0.3) is 0 Å². The highest BCUT2D eigenvalue weighted by Crippen LogP contribution is 2.13. The normalized spacial score (nSPS) is 15.2. The van der Waals surface area contributed by atoms with Crippen molar-refractivity contribution in [2.45, 2.75) is 25.8 Å². The lowest BCUT2D eigenvalue weighted by Crippen LogP contribution is -2.40. The maximum absolute atomic E-state index is 4.82. The van der Waals surface area contributed by atoms with Crippen LogP contribution in [0.4, 0.5) is 5.69 Å². The van der Waals surface area contributed by atoms with E-state index in [-0.39, 0.29) is 24.0 Å². The predicted octanol–water partition coefficient (Wildman–Crippen LogP) is 3.49. The fraction of sp³-hybridized carbons (Fsp3) is 0.412. The smallest absolute Gasteiger partial charge is 0.198 e. The number of likely N-dealkylation sites (tertiary alicyclic amines) is 1. The molecule has 124 valence electrons. The van der Waals surface area contributed by atoms with Crippen molar-refractivity contribution in [2.24, 2.45) is 12.0 Å². The molecular weight excluding hydrogens is 401 g/mol. The van der Waals surface area contributed by atoms with Gasteiger partial charge in [-0.15, -0.1) is 24.0 Å². The summed E-state index contributed by atoms with van der Waals surface area (Å²) in [6, 6.07) is 10.3. The summed E-state index contributed by atoms with van der Waals surface area (Å²) >= 11 is 0. The molecule has 0 aliphatic carbocycles. The number of guanidine groups is 1. The number of piperidine rings is 1. The molecule has 0 saturated carbocycles. The molecule has 3 rings (SSSR count). The van der Waals surface area contributed by atoms with Crippen molar-refractivity contribution in [3.63, 3.8) is 0 Å². The number of aryl methyl sites for hydroxylation is 1. The summed E-state index contributed by atoms with van der Waals surface area (Å²) in [7, 11) is 2.00. The maximum Gasteiger partial charge on any atom is 0.198 e. The van der Waals surface area contributed by atoms with E-state index in [1.165, 1.54) is 19.3 Å². The number of imidazole rings is 1. The lowest BCUT2D eigenvalue weighted by atomic mass is 10.1. The molecule has 1 fully saturated rings. The van der Waals surface area contributed by atoms with Crippen LogP contribution in [-0.4, -0.2) is 33.5 Å². The first-order valence-corrected chi connectivity index (χ1v) is 7.89. The third-order valence-electron chi connectivity index (χ3n) is 3.99. The minimum atomic E-state index is 0. The molecule has 1 N–H and O–H groups in total. The van der Waals surface area contributed by atoms with Crippen LogP contribution >= 0.6 is 24.0 Å². The zero-order chi connectivity index (χ0) is 15.2. The van der Waals surface area contributed by atoms with Gasteiger partial charge < -0.3 is 14.8 Å². The minimum absolute atomic E-state index is 0. The van der Waals surface area contributed by atoms with Crippen LogP contribution in [0.3, 0.4) is 0 Å². The molecule has 0 radical (unpaired) electrons. The van der Waals surface area contributed by atoms with Gasteiger partial charge in [-0.25, -0.2) is 9.98 Å². The Labute approximate surface area is 154 Å². The molecule has 0 unspecified atom stereocenters. The van der Waals surface area contributed by atoms with E-state index in [0.717, 1.165) is 30.4 Å². The monoisotopic (exact) mass is 425 g/mol. The van der Waals surface area contributed by atoms with E-state index in [2.05, 4.69) is 27.3 Å². The van der Waals surface area contributed by atoms with Crippen LogP contribution in [0, 0.1) is 0 Å². The molecule has 1 aromatic heterocycles. The zero-order valence-electron chi connectivity index (χ0n) is 13.5. The summed E-state index contributed by atoms with van der Waals surface area (Å²) in [4.78, 5) is 11.3. The van der Waals surface area contributed by atoms with Crippen LogP contribution in [0.1, 0.15) is 25.0 Å². The standard InChI is InChI=1S/C17H23N5.HI/c1-21-14-18-12-16(21)13-19-17(22-10-6-3-7-11-22)20-15-8-4-2-5-9-15;/h2,4-5,8-9,12,14H,3,6-7,10-11,13H2,1H3,(H,19,20);1H. The van der Waals surface area contributed by atoms with Gasteiger partial charge in [0.1, 0.15) is 0 Å². The predicted molar refractivity (Wildman–Crippen MR) is 105 cm³/mol. The first kappa shape index (κ1) is 17.8. The summed E-state index contributed by atoms with van der Waals surface area (Å²) in [6.07, 6.45) is 7.48. The topological polar surface area (TPSA) is 45.5 Å². The summed E-state index contributed by atoms with van der Waals surface area (Å²) in [6.45, 7) is 2.79. The third kappa shape index (κ3) is 4.95. The number of nitrogens with zero attached hydrogens (tertiary/aromatic N) is 4. The summed E-state index contributed by atoms with van der Waals surface area (Å²) in [5.41, 5.74) is 2.20. The molecule has 0 atom stereocenters. The zero-order valence-corrected chi connectivity index (χ0v) is 15.8. The number of hydrogen-bond donors (Lipinski definition) is 1. The Morgan fingerprint density at radius 1 is 1.17 bits per heavy atom. The van der Waals surface area contributed by atoms with Crippen molar-refractivity contribution in [1.82, 2.24) is 14.5 Å². The highest BCUT2D eigenvalue weighted by molar-refractivity contribution is 14.0. The second-order valence-electron chi connectivity index (χ2n) is 5.67. The largest absolute Gasteiger partial charge is 0.343 e. The number of rotatable bonds is 3. The van der Waals surface area contributed by atoms with Crippen molar-refractivity contribution < 1.29 is 0 Å². The molecule has 0 spiro atoms. The van der Waals surface area contributed by atoms with E-state index in [1.807, 2.05) is 42.3 Å². The molecular formula is C17H24IN5. The van der Waals surface area contributed by atoms with Gasteiger partial charge >= 0.3 is 0 Å². The average molecular weight is 425 g/mol. The summed E-state index contributed by atoms with van der Waals surface area (Å²) in [5.74, 6) is 0.965. The Balaban J connectivity index is 0.00000192. The lowest BCUT2D eigenvalue weighted by Gasteiger charge is -2.30. The molecule has 6 heteroatoms. The van der Waals surface area contributed by atoms with Crippen LogP contribution in [0.2, 0.25) is 0 Å². The molecule has 2 aromatic rings. The van der Waals surface area contributed by atoms with Crippen LogP contribution < -0.4 is 5.32 Å². The number of benzene rings is 1. The van der Waals surface area contributed by atoms with Gasteiger partial charge in [0.15, 0.2) is 5.96 Å². The number of aromatic nitrogens is 2. The van der Waals surface area contributed by atoms with Gasteiger partial charge in [-0.1, -0.05) is 18.2 Å². The van der Waals surface area contributed by atoms with Gasteiger partial charge in [0.25, 0.3) is 0 Å². The maximum atomic E-state index is 4.82. The Bertz CT molecular complexity index is 617. The third-order valence-corrected chi connectivity index (χ3v) is 3.99. The van der Waals surface area contributed by atoms with Crippen molar-refractivity contribution in [3.8, 4) is 0 Å². The molecule has 0 amide bonds. The van der Waals surface area contributed by atoms with Gasteiger partial charge in [-0.05, 0) is 31.4 Å². The first-order chi connectivity index (χ1) is 10.8. The molecule has 1 aromatic carbocycles. The fourth-order valence-corrected chi connectivity index (χ4v) is 2.67. The second-order valence-corrected chi connectivity index (χ2v) is 5.67. The summed E-state index contributed by atoms with van der Waals surface area (Å²) in [5, 5.41) is 3.48. The molecule has 5 nitrogen and oxygen atoms in total. The molecule has 2 heterocycles. The first-order valence-electron chi connectivity index (χ1n) is 7.89. The van der Waals surface area contributed by atoms with E-state index in [1.54, 1.807) is 0 Å². The van der Waals surface area contributed by atoms with Crippen molar-refractivity contribution in [2.75, 3.05) is 18.4 Å². The van der Waals surface area contributed by atoms with Crippen molar-refractivity contribution >= 4 is 35.6 Å². The van der Waals surface area contributed by atoms with Crippen molar-refractivity contribution in [1.29, 1.82) is 0 Å². The number of para-hydroxylation sites is 1. The minimum Gasteiger partial charge on any atom is -0.343 e. The van der Waals surface area contributed by atoms with E-state index < -0.39 is 0 Å². The highest BCUT2D eigenvalue weighted by atomic mass is 127. The van der Waals surface area contributed by atoms with Gasteiger partial charge in [-0.2, -0.15) is 0 Å². The van der Waals surface area contributed by atoms with Gasteiger partial charge in [0, 0.05) is 25.8 Å². The number of halogens is 1. The van der Waals surface area contributed by atoms with Gasteiger partial charge in [0.05, 0.1) is 24.8 Å². The highest BCUT2D eigenvalue weighted by Gasteiger charge is 2.15. The molecule has 1 aliphatic rings. The molecule has 1 aliphatic heterocycles. The molecule has 0 bridgehead atoms. The van der Waals surface area contributed by atoms with E-state index >= 15 is 0 Å². The average Bonchev–Trinajstić information content (AvgIpc) is 2.98. The van der Waals surface area contributed by atoms with Crippen LogP contribution in [0.15, 0.2) is 47.8 Å². The molecule has 1 saturated heterocycles. The van der Waals surface area contributed by atoms with Crippen molar-refractivity contribution in [3.05, 3.63) is 48.5 Å². The van der Waals surface area contributed by atoms with E-state index in [9.17, 15) is 0 Å². The van der Waals surface area contributed by atoms with Crippen LogP contribution in [-0.2, 0) is 13.6 Å². The van der Waals surface area contributed by atoms with E-state index in [0.29, 0.717) is 6.54 Å². The number of nitrogens with one attached hydrogen (secondary N) is 1. The lowest BCUT2D eigenvalue weighted by molar-refractivity contribution is 0.340. The Morgan fingerprint density at radius 3 is 2.57 bits per heavy atom. The van der Waals surface area contributed by atoms with Gasteiger partial charge in [0.2, 0.25) is 0 Å². The fourth-order valence-electron chi connectivity index (χ4n) is 2.67. The quantitative estimate of drug-likeness (QED) is 0.465. The van der Waals surface area contributed by atoms with Gasteiger partial charge in [-0.3, -0.25) is 0 Å². The number of anilines is 1. The second kappa shape index (κ2) is 8.90. The Morgan fingerprint density at radius 2 is 1.91 bits per heavy atom. The SMILES string of the molecule is Cn1cncc1CN=C(Nc1ccccc1)N1CCCCC1.I. The van der Waals surface area contributed by atoms with E-state index in [4.69, 9.17) is 4.99 Å².